The standard InChI is InChI=1S/C12H16F2N2O/c13-8-3-4-10(11(14)6-8)12(16-15)7-9-2-1-5-17-9/h3-4,6,9,12,16H,1-2,5,7,15H2. The molecule has 17 heavy (non-hydrogen) atoms. The molecule has 1 aromatic carbocycles. The van der Waals surface area contributed by atoms with Crippen LogP contribution < -0.4 is 11.3 Å². The number of hydrogen-bond donors (Lipinski definition) is 2. The van der Waals surface area contributed by atoms with Crippen molar-refractivity contribution in [1.29, 1.82) is 0 Å². The van der Waals surface area contributed by atoms with Gasteiger partial charge in [-0.25, -0.2) is 8.78 Å². The molecular formula is C12H16F2N2O. The van der Waals surface area contributed by atoms with Gasteiger partial charge < -0.3 is 4.74 Å². The molecule has 94 valence electrons. The zero-order chi connectivity index (χ0) is 12.3. The number of benzene rings is 1. The molecule has 0 bridgehead atoms. The molecule has 0 amide bonds. The van der Waals surface area contributed by atoms with Crippen molar-refractivity contribution in [1.82, 2.24) is 5.43 Å². The van der Waals surface area contributed by atoms with Crippen LogP contribution in [0.5, 0.6) is 0 Å². The minimum absolute atomic E-state index is 0.0977. The molecule has 0 spiro atoms. The number of ether oxygens (including phenoxy) is 1. The van der Waals surface area contributed by atoms with Gasteiger partial charge in [-0.2, -0.15) is 0 Å². The van der Waals surface area contributed by atoms with Gasteiger partial charge in [-0.15, -0.1) is 0 Å². The maximum Gasteiger partial charge on any atom is 0.130 e. The largest absolute Gasteiger partial charge is 0.378 e. The number of hydrazine groups is 1. The van der Waals surface area contributed by atoms with Crippen LogP contribution in [0.4, 0.5) is 8.78 Å². The topological polar surface area (TPSA) is 47.3 Å². The fourth-order valence-corrected chi connectivity index (χ4v) is 2.16. The quantitative estimate of drug-likeness (QED) is 0.627. The van der Waals surface area contributed by atoms with E-state index in [1.165, 1.54) is 12.1 Å². The smallest absolute Gasteiger partial charge is 0.130 e. The number of halogens is 2. The van der Waals surface area contributed by atoms with E-state index in [1.54, 1.807) is 0 Å². The second kappa shape index (κ2) is 5.53. The van der Waals surface area contributed by atoms with Crippen LogP contribution in [-0.4, -0.2) is 12.7 Å². The van der Waals surface area contributed by atoms with E-state index < -0.39 is 11.6 Å². The van der Waals surface area contributed by atoms with E-state index in [9.17, 15) is 8.78 Å². The van der Waals surface area contributed by atoms with Crippen LogP contribution in [0.3, 0.4) is 0 Å². The lowest BCUT2D eigenvalue weighted by molar-refractivity contribution is 0.0942. The van der Waals surface area contributed by atoms with Gasteiger partial charge in [0.05, 0.1) is 12.1 Å². The Kier molecular flexibility index (Phi) is 4.04. The molecule has 1 heterocycles. The lowest BCUT2D eigenvalue weighted by atomic mass is 9.99. The highest BCUT2D eigenvalue weighted by molar-refractivity contribution is 5.22. The van der Waals surface area contributed by atoms with Crippen molar-refractivity contribution in [3.63, 3.8) is 0 Å². The minimum Gasteiger partial charge on any atom is -0.378 e. The summed E-state index contributed by atoms with van der Waals surface area (Å²) >= 11 is 0. The van der Waals surface area contributed by atoms with E-state index in [1.807, 2.05) is 0 Å². The molecule has 0 aliphatic carbocycles. The summed E-state index contributed by atoms with van der Waals surface area (Å²) in [6.45, 7) is 0.744. The summed E-state index contributed by atoms with van der Waals surface area (Å²) in [5.74, 6) is 4.26. The van der Waals surface area contributed by atoms with Crippen molar-refractivity contribution < 1.29 is 13.5 Å². The summed E-state index contributed by atoms with van der Waals surface area (Å²) in [6.07, 6.45) is 2.67. The molecule has 1 fully saturated rings. The first-order valence-corrected chi connectivity index (χ1v) is 5.73. The Bertz CT molecular complexity index is 381. The molecule has 2 unspecified atom stereocenters. The summed E-state index contributed by atoms with van der Waals surface area (Å²) in [5.41, 5.74) is 2.94. The van der Waals surface area contributed by atoms with Crippen LogP contribution in [0.15, 0.2) is 18.2 Å². The van der Waals surface area contributed by atoms with Gasteiger partial charge in [-0.05, 0) is 25.3 Å². The summed E-state index contributed by atoms with van der Waals surface area (Å²) in [6, 6.07) is 3.18. The second-order valence-corrected chi connectivity index (χ2v) is 4.26. The molecular weight excluding hydrogens is 226 g/mol. The van der Waals surface area contributed by atoms with E-state index in [2.05, 4.69) is 5.43 Å². The van der Waals surface area contributed by atoms with Crippen LogP contribution in [0, 0.1) is 11.6 Å². The number of nitrogens with one attached hydrogen (secondary N) is 1. The fraction of sp³-hybridized carbons (Fsp3) is 0.500. The fourth-order valence-electron chi connectivity index (χ4n) is 2.16. The van der Waals surface area contributed by atoms with E-state index in [0.29, 0.717) is 12.0 Å². The normalized spacial score (nSPS) is 21.7. The van der Waals surface area contributed by atoms with Crippen molar-refractivity contribution >= 4 is 0 Å². The van der Waals surface area contributed by atoms with Crippen molar-refractivity contribution in [2.45, 2.75) is 31.4 Å². The molecule has 2 rings (SSSR count). The van der Waals surface area contributed by atoms with Crippen LogP contribution >= 0.6 is 0 Å². The van der Waals surface area contributed by atoms with Gasteiger partial charge in [0.15, 0.2) is 0 Å². The van der Waals surface area contributed by atoms with Gasteiger partial charge in [-0.3, -0.25) is 11.3 Å². The van der Waals surface area contributed by atoms with E-state index in [4.69, 9.17) is 10.6 Å². The third-order valence-electron chi connectivity index (χ3n) is 3.06. The molecule has 0 aromatic heterocycles. The average Bonchev–Trinajstić information content (AvgIpc) is 2.79. The Hall–Kier alpha value is -1.04. The summed E-state index contributed by atoms with van der Waals surface area (Å²) in [7, 11) is 0. The van der Waals surface area contributed by atoms with Crippen molar-refractivity contribution in [2.24, 2.45) is 5.84 Å². The summed E-state index contributed by atoms with van der Waals surface area (Å²) in [4.78, 5) is 0. The Morgan fingerprint density at radius 3 is 2.88 bits per heavy atom. The molecule has 2 atom stereocenters. The van der Waals surface area contributed by atoms with Crippen molar-refractivity contribution in [3.8, 4) is 0 Å². The zero-order valence-corrected chi connectivity index (χ0v) is 9.46. The number of nitrogens with two attached hydrogens (primary N) is 1. The van der Waals surface area contributed by atoms with Crippen molar-refractivity contribution in [3.05, 3.63) is 35.4 Å². The molecule has 1 saturated heterocycles. The van der Waals surface area contributed by atoms with Gasteiger partial charge in [0.1, 0.15) is 11.6 Å². The van der Waals surface area contributed by atoms with Crippen LogP contribution in [0.1, 0.15) is 30.9 Å². The Morgan fingerprint density at radius 1 is 1.47 bits per heavy atom. The first-order valence-electron chi connectivity index (χ1n) is 5.73. The van der Waals surface area contributed by atoms with Crippen molar-refractivity contribution in [2.75, 3.05) is 6.61 Å². The highest BCUT2D eigenvalue weighted by Gasteiger charge is 2.23. The first-order chi connectivity index (χ1) is 8.20. The number of hydrogen-bond acceptors (Lipinski definition) is 3. The average molecular weight is 242 g/mol. The molecule has 1 aliphatic heterocycles. The van der Waals surface area contributed by atoms with Crippen LogP contribution in [0.25, 0.3) is 0 Å². The van der Waals surface area contributed by atoms with Gasteiger partial charge in [0.25, 0.3) is 0 Å². The SMILES string of the molecule is NNC(CC1CCCO1)c1ccc(F)cc1F. The Labute approximate surface area is 98.9 Å². The molecule has 0 saturated carbocycles. The molecule has 5 heteroatoms. The highest BCUT2D eigenvalue weighted by atomic mass is 19.1. The third-order valence-corrected chi connectivity index (χ3v) is 3.06. The molecule has 1 aliphatic rings. The maximum absolute atomic E-state index is 13.6. The predicted octanol–water partition coefficient (Wildman–Crippen LogP) is 2.04. The van der Waals surface area contributed by atoms with E-state index in [0.717, 1.165) is 25.5 Å². The van der Waals surface area contributed by atoms with Crippen LogP contribution in [0.2, 0.25) is 0 Å². The van der Waals surface area contributed by atoms with E-state index >= 15 is 0 Å². The highest BCUT2D eigenvalue weighted by Crippen LogP contribution is 2.26. The predicted molar refractivity (Wildman–Crippen MR) is 60.0 cm³/mol. The zero-order valence-electron chi connectivity index (χ0n) is 9.46. The second-order valence-electron chi connectivity index (χ2n) is 4.26. The summed E-state index contributed by atoms with van der Waals surface area (Å²) < 4.78 is 31.9. The van der Waals surface area contributed by atoms with Gasteiger partial charge in [0, 0.05) is 18.2 Å². The molecule has 3 nitrogen and oxygen atoms in total. The van der Waals surface area contributed by atoms with Gasteiger partial charge in [0.2, 0.25) is 0 Å². The van der Waals surface area contributed by atoms with Gasteiger partial charge >= 0.3 is 0 Å². The Morgan fingerprint density at radius 2 is 2.29 bits per heavy atom. The summed E-state index contributed by atoms with van der Waals surface area (Å²) in [5, 5.41) is 0. The first kappa shape index (κ1) is 12.4. The third kappa shape index (κ3) is 3.00. The van der Waals surface area contributed by atoms with Crippen LogP contribution in [-0.2, 0) is 4.74 Å². The van der Waals surface area contributed by atoms with E-state index in [-0.39, 0.29) is 12.1 Å². The lowest BCUT2D eigenvalue weighted by Gasteiger charge is -2.20. The van der Waals surface area contributed by atoms with Gasteiger partial charge in [-0.1, -0.05) is 6.07 Å². The molecule has 0 radical (unpaired) electrons. The monoisotopic (exact) mass is 242 g/mol. The minimum atomic E-state index is -0.584. The maximum atomic E-state index is 13.6. The lowest BCUT2D eigenvalue weighted by Crippen LogP contribution is -2.31. The molecule has 1 aromatic rings. The Balaban J connectivity index is 2.10. The number of rotatable bonds is 4. The molecule has 3 N–H and O–H groups in total.